The number of aliphatic hydroxyl groups is 1. The number of ether oxygens (including phenoxy) is 1. The molecule has 1 aromatic carbocycles. The highest BCUT2D eigenvalue weighted by Crippen LogP contribution is 2.40. The van der Waals surface area contributed by atoms with Crippen molar-refractivity contribution in [2.24, 2.45) is 5.92 Å². The van der Waals surface area contributed by atoms with E-state index in [2.05, 4.69) is 15.6 Å². The average molecular weight is 375 g/mol. The minimum Gasteiger partial charge on any atom is -0.497 e. The number of anilines is 1. The van der Waals surface area contributed by atoms with Gasteiger partial charge in [0.05, 0.1) is 43.5 Å². The molecule has 3 heterocycles. The zero-order valence-corrected chi connectivity index (χ0v) is 15.6. The lowest BCUT2D eigenvalue weighted by atomic mass is 9.87. The third-order valence-electron chi connectivity index (χ3n) is 5.23. The zero-order chi connectivity index (χ0) is 17.7. The molecule has 9 heteroatoms. The van der Waals surface area contributed by atoms with Crippen LogP contribution in [0, 0.1) is 5.92 Å². The van der Waals surface area contributed by atoms with Gasteiger partial charge in [-0.2, -0.15) is 0 Å². The minimum absolute atomic E-state index is 0.239. The predicted molar refractivity (Wildman–Crippen MR) is 104 cm³/mol. The van der Waals surface area contributed by atoms with Gasteiger partial charge in [-0.1, -0.05) is 11.3 Å². The number of nitrogens with one attached hydrogen (secondary N) is 2. The van der Waals surface area contributed by atoms with E-state index in [1.54, 1.807) is 7.11 Å². The molecule has 2 radical (unpaired) electrons. The Kier molecular flexibility index (Phi) is 4.14. The first kappa shape index (κ1) is 17.0. The Hall–Kier alpha value is -1.42. The molecule has 1 aromatic heterocycles. The second kappa shape index (κ2) is 6.08. The number of methoxy groups -OCH3 is 1. The normalized spacial score (nSPS) is 30.6. The third-order valence-corrected chi connectivity index (χ3v) is 6.41. The molecular formula is C16H20BN4O2S2+. The van der Waals surface area contributed by atoms with Gasteiger partial charge in [-0.25, -0.2) is 4.98 Å². The van der Waals surface area contributed by atoms with E-state index in [0.29, 0.717) is 27.7 Å². The van der Waals surface area contributed by atoms with Crippen molar-refractivity contribution in [1.82, 2.24) is 10.3 Å². The second-order valence-corrected chi connectivity index (χ2v) is 8.47. The number of fused-ring (bicyclic) bond motifs is 3. The summed E-state index contributed by atoms with van der Waals surface area (Å²) in [6.45, 7) is 2.77. The van der Waals surface area contributed by atoms with Gasteiger partial charge in [0.25, 0.3) is 0 Å². The van der Waals surface area contributed by atoms with Gasteiger partial charge in [0.1, 0.15) is 11.4 Å². The molecule has 3 N–H and O–H groups in total. The van der Waals surface area contributed by atoms with E-state index in [1.165, 1.54) is 11.3 Å². The van der Waals surface area contributed by atoms with Gasteiger partial charge < -0.3 is 24.9 Å². The molecule has 0 saturated carbocycles. The highest BCUT2D eigenvalue weighted by Gasteiger charge is 2.57. The van der Waals surface area contributed by atoms with Gasteiger partial charge in [-0.05, 0) is 30.4 Å². The second-order valence-electron chi connectivity index (χ2n) is 7.03. The number of thiocarbonyl (C=S) groups is 1. The summed E-state index contributed by atoms with van der Waals surface area (Å²) in [5.74, 6) is 1.04. The molecule has 0 aliphatic carbocycles. The fourth-order valence-corrected chi connectivity index (χ4v) is 5.08. The van der Waals surface area contributed by atoms with Crippen LogP contribution in [0.25, 0.3) is 10.2 Å². The van der Waals surface area contributed by atoms with Gasteiger partial charge >= 0.3 is 7.98 Å². The lowest BCUT2D eigenvalue weighted by Crippen LogP contribution is -2.55. The molecule has 2 bridgehead atoms. The Morgan fingerprint density at radius 3 is 3.12 bits per heavy atom. The third kappa shape index (κ3) is 3.21. The lowest BCUT2D eigenvalue weighted by Gasteiger charge is -2.35. The Labute approximate surface area is 157 Å². The number of aromatic nitrogens is 1. The topological polar surface area (TPSA) is 66.4 Å². The van der Waals surface area contributed by atoms with Crippen molar-refractivity contribution in [3.63, 3.8) is 0 Å². The number of piperidine rings is 1. The van der Waals surface area contributed by atoms with Crippen molar-refractivity contribution >= 4 is 52.0 Å². The minimum atomic E-state index is -0.792. The number of hydrogen-bond donors (Lipinski definition) is 3. The van der Waals surface area contributed by atoms with E-state index in [-0.39, 0.29) is 5.92 Å². The van der Waals surface area contributed by atoms with Crippen molar-refractivity contribution < 1.29 is 14.2 Å². The molecule has 4 rings (SSSR count). The highest BCUT2D eigenvalue weighted by atomic mass is 32.1. The fourth-order valence-electron chi connectivity index (χ4n) is 3.95. The van der Waals surface area contributed by atoms with Crippen LogP contribution in [0.15, 0.2) is 18.2 Å². The van der Waals surface area contributed by atoms with Gasteiger partial charge in [-0.3, -0.25) is 0 Å². The molecule has 2 saturated heterocycles. The van der Waals surface area contributed by atoms with Crippen molar-refractivity contribution in [1.29, 1.82) is 0 Å². The smallest absolute Gasteiger partial charge is 0.481 e. The van der Waals surface area contributed by atoms with Gasteiger partial charge in [0.15, 0.2) is 10.2 Å². The van der Waals surface area contributed by atoms with Crippen LogP contribution in [0.2, 0.25) is 0 Å². The molecule has 2 aliphatic heterocycles. The quantitative estimate of drug-likeness (QED) is 0.552. The Balaban J connectivity index is 1.38. The SMILES string of the molecule is [B][N@+]12CC[C@H](C1)[C@](O)(CNC(=S)Nc1nc3ccc(OC)cc3s1)C2. The van der Waals surface area contributed by atoms with Gasteiger partial charge in [0, 0.05) is 12.3 Å². The first-order chi connectivity index (χ1) is 11.9. The summed E-state index contributed by atoms with van der Waals surface area (Å²) < 4.78 is 6.73. The summed E-state index contributed by atoms with van der Waals surface area (Å²) in [6.07, 6.45) is 0.967. The first-order valence-corrected chi connectivity index (χ1v) is 9.48. The molecule has 6 nitrogen and oxygen atoms in total. The van der Waals surface area contributed by atoms with Crippen LogP contribution in [-0.2, 0) is 0 Å². The molecule has 0 spiro atoms. The number of thiazole rings is 1. The molecule has 3 atom stereocenters. The van der Waals surface area contributed by atoms with Crippen molar-refractivity contribution in [2.45, 2.75) is 12.0 Å². The number of rotatable bonds is 4. The van der Waals surface area contributed by atoms with E-state index in [4.69, 9.17) is 24.9 Å². The maximum atomic E-state index is 10.9. The maximum absolute atomic E-state index is 10.9. The van der Waals surface area contributed by atoms with E-state index in [1.807, 2.05) is 18.2 Å². The van der Waals surface area contributed by atoms with Crippen LogP contribution in [0.4, 0.5) is 5.13 Å². The van der Waals surface area contributed by atoms with Gasteiger partial charge in [0.2, 0.25) is 0 Å². The van der Waals surface area contributed by atoms with Crippen molar-refractivity contribution in [3.05, 3.63) is 18.2 Å². The standard InChI is InChI=1S/C16H20BN4O2S2/c1-23-11-2-3-12-13(6-11)25-15(19-12)20-14(24)18-8-16(22)9-21(17)5-4-10(16)7-21/h2-3,6,10,22H,4-5,7-9H2,1H3,(H2,18,19,20,24)/q+1/t10-,16+,21-/m1/s1. The number of hydrogen-bond acceptors (Lipinski definition) is 5. The first-order valence-electron chi connectivity index (χ1n) is 8.26. The molecule has 0 amide bonds. The molecule has 0 unspecified atom stereocenters. The van der Waals surface area contributed by atoms with E-state index in [0.717, 1.165) is 35.5 Å². The van der Waals surface area contributed by atoms with Crippen LogP contribution in [0.3, 0.4) is 0 Å². The molecule has 2 aromatic rings. The summed E-state index contributed by atoms with van der Waals surface area (Å²) >= 11 is 6.87. The highest BCUT2D eigenvalue weighted by molar-refractivity contribution is 7.80. The van der Waals surface area contributed by atoms with Crippen LogP contribution >= 0.6 is 23.6 Å². The van der Waals surface area contributed by atoms with Gasteiger partial charge in [-0.15, -0.1) is 0 Å². The summed E-state index contributed by atoms with van der Waals surface area (Å²) in [5, 5.41) is 18.3. The lowest BCUT2D eigenvalue weighted by molar-refractivity contribution is -0.798. The predicted octanol–water partition coefficient (Wildman–Crippen LogP) is 1.26. The number of benzene rings is 1. The van der Waals surface area contributed by atoms with E-state index in [9.17, 15) is 5.11 Å². The van der Waals surface area contributed by atoms with Crippen LogP contribution in [0.1, 0.15) is 6.42 Å². The maximum Gasteiger partial charge on any atom is 0.481 e. The van der Waals surface area contributed by atoms with E-state index < -0.39 is 5.60 Å². The molecular weight excluding hydrogens is 355 g/mol. The molecule has 2 fully saturated rings. The van der Waals surface area contributed by atoms with Crippen molar-refractivity contribution in [2.75, 3.05) is 38.6 Å². The largest absolute Gasteiger partial charge is 0.497 e. The average Bonchev–Trinajstić information content (AvgIpc) is 3.21. The van der Waals surface area contributed by atoms with Crippen LogP contribution in [0.5, 0.6) is 5.75 Å². The molecule has 2 aliphatic rings. The van der Waals surface area contributed by atoms with Crippen molar-refractivity contribution in [3.8, 4) is 5.75 Å². The fraction of sp³-hybridized carbons (Fsp3) is 0.500. The Bertz CT molecular complexity index is 832. The summed E-state index contributed by atoms with van der Waals surface area (Å²) in [4.78, 5) is 4.51. The Morgan fingerprint density at radius 2 is 2.44 bits per heavy atom. The molecule has 130 valence electrons. The summed E-state index contributed by atoms with van der Waals surface area (Å²) in [6, 6.07) is 5.75. The summed E-state index contributed by atoms with van der Waals surface area (Å²) in [7, 11) is 7.90. The summed E-state index contributed by atoms with van der Waals surface area (Å²) in [5.41, 5.74) is 0.102. The van der Waals surface area contributed by atoms with E-state index >= 15 is 0 Å². The van der Waals surface area contributed by atoms with Crippen LogP contribution < -0.4 is 15.4 Å². The monoisotopic (exact) mass is 375 g/mol. The number of quaternary nitrogens is 1. The Morgan fingerprint density at radius 1 is 1.60 bits per heavy atom. The zero-order valence-electron chi connectivity index (χ0n) is 14.0. The number of nitrogens with zero attached hydrogens (tertiary/aromatic N) is 2. The van der Waals surface area contributed by atoms with Crippen LogP contribution in [-0.4, -0.2) is 66.5 Å². The molecule has 25 heavy (non-hydrogen) atoms.